The number of rotatable bonds is 2. The van der Waals surface area contributed by atoms with Crippen molar-refractivity contribution in [2.45, 2.75) is 19.9 Å². The van der Waals surface area contributed by atoms with Gasteiger partial charge in [0, 0.05) is 11.6 Å². The molecule has 0 amide bonds. The molecule has 10 heavy (non-hydrogen) atoms. The van der Waals surface area contributed by atoms with Gasteiger partial charge in [-0.05, 0) is 5.92 Å². The molecule has 0 aliphatic carbocycles. The summed E-state index contributed by atoms with van der Waals surface area (Å²) in [4.78, 5) is 4.13. The SMILES string of the molecule is CC(C)C(N)c1nccs1. The lowest BCUT2D eigenvalue weighted by Crippen LogP contribution is -2.16. The highest BCUT2D eigenvalue weighted by molar-refractivity contribution is 7.09. The van der Waals surface area contributed by atoms with Crippen LogP contribution < -0.4 is 5.73 Å². The van der Waals surface area contributed by atoms with Gasteiger partial charge in [-0.1, -0.05) is 13.8 Å². The molecule has 2 nitrogen and oxygen atoms in total. The topological polar surface area (TPSA) is 38.9 Å². The second kappa shape index (κ2) is 3.12. The van der Waals surface area contributed by atoms with E-state index in [0.29, 0.717) is 5.92 Å². The second-order valence-corrected chi connectivity index (χ2v) is 3.57. The molecule has 1 atom stereocenters. The van der Waals surface area contributed by atoms with E-state index in [1.807, 2.05) is 5.38 Å². The van der Waals surface area contributed by atoms with Crippen LogP contribution in [-0.4, -0.2) is 4.98 Å². The fourth-order valence-electron chi connectivity index (χ4n) is 0.684. The zero-order valence-corrected chi connectivity index (χ0v) is 7.06. The van der Waals surface area contributed by atoms with E-state index in [9.17, 15) is 0 Å². The fourth-order valence-corrected chi connectivity index (χ4v) is 1.50. The Balaban J connectivity index is 2.68. The lowest BCUT2D eigenvalue weighted by atomic mass is 10.1. The van der Waals surface area contributed by atoms with Crippen molar-refractivity contribution in [3.63, 3.8) is 0 Å². The average molecular weight is 156 g/mol. The monoisotopic (exact) mass is 156 g/mol. The molecule has 0 spiro atoms. The van der Waals surface area contributed by atoms with Crippen LogP contribution in [0.3, 0.4) is 0 Å². The van der Waals surface area contributed by atoms with Crippen LogP contribution in [0.25, 0.3) is 0 Å². The molecular weight excluding hydrogens is 144 g/mol. The van der Waals surface area contributed by atoms with Gasteiger partial charge in [0.25, 0.3) is 0 Å². The van der Waals surface area contributed by atoms with Gasteiger partial charge >= 0.3 is 0 Å². The average Bonchev–Trinajstić information content (AvgIpc) is 2.36. The minimum Gasteiger partial charge on any atom is -0.322 e. The van der Waals surface area contributed by atoms with Crippen LogP contribution >= 0.6 is 11.3 Å². The third-order valence-corrected chi connectivity index (χ3v) is 2.33. The molecule has 1 rings (SSSR count). The summed E-state index contributed by atoms with van der Waals surface area (Å²) in [5.41, 5.74) is 5.83. The third kappa shape index (κ3) is 1.55. The van der Waals surface area contributed by atoms with E-state index in [4.69, 9.17) is 5.73 Å². The van der Waals surface area contributed by atoms with E-state index in [1.165, 1.54) is 0 Å². The highest BCUT2D eigenvalue weighted by atomic mass is 32.1. The maximum absolute atomic E-state index is 5.83. The molecule has 0 bridgehead atoms. The summed E-state index contributed by atoms with van der Waals surface area (Å²) in [6.07, 6.45) is 1.79. The van der Waals surface area contributed by atoms with Crippen LogP contribution in [0, 0.1) is 5.92 Å². The fraction of sp³-hybridized carbons (Fsp3) is 0.571. The molecule has 0 saturated carbocycles. The lowest BCUT2D eigenvalue weighted by Gasteiger charge is -2.11. The van der Waals surface area contributed by atoms with E-state index in [-0.39, 0.29) is 6.04 Å². The molecule has 2 N–H and O–H groups in total. The van der Waals surface area contributed by atoms with Gasteiger partial charge in [-0.25, -0.2) is 4.98 Å². The molecule has 1 aromatic heterocycles. The highest BCUT2D eigenvalue weighted by Crippen LogP contribution is 2.19. The molecule has 0 aliphatic rings. The van der Waals surface area contributed by atoms with Gasteiger partial charge in [-0.3, -0.25) is 0 Å². The van der Waals surface area contributed by atoms with E-state index in [1.54, 1.807) is 17.5 Å². The number of nitrogens with zero attached hydrogens (tertiary/aromatic N) is 1. The molecule has 0 radical (unpaired) electrons. The molecule has 1 aromatic rings. The normalized spacial score (nSPS) is 14.0. The molecule has 56 valence electrons. The first kappa shape index (κ1) is 7.69. The summed E-state index contributed by atoms with van der Waals surface area (Å²) >= 11 is 1.62. The van der Waals surface area contributed by atoms with Crippen molar-refractivity contribution in [1.29, 1.82) is 0 Å². The molecule has 0 aromatic carbocycles. The Labute approximate surface area is 65.1 Å². The smallest absolute Gasteiger partial charge is 0.110 e. The van der Waals surface area contributed by atoms with E-state index in [0.717, 1.165) is 5.01 Å². The number of aromatic nitrogens is 1. The first-order chi connectivity index (χ1) is 4.72. The van der Waals surface area contributed by atoms with Crippen molar-refractivity contribution < 1.29 is 0 Å². The van der Waals surface area contributed by atoms with Gasteiger partial charge in [0.2, 0.25) is 0 Å². The summed E-state index contributed by atoms with van der Waals surface area (Å²) in [6, 6.07) is 0.111. The van der Waals surface area contributed by atoms with Crippen molar-refractivity contribution in [3.05, 3.63) is 16.6 Å². The van der Waals surface area contributed by atoms with Crippen molar-refractivity contribution in [2.24, 2.45) is 11.7 Å². The molecule has 0 saturated heterocycles. The van der Waals surface area contributed by atoms with E-state index >= 15 is 0 Å². The molecule has 1 unspecified atom stereocenters. The maximum Gasteiger partial charge on any atom is 0.110 e. The number of hydrogen-bond donors (Lipinski definition) is 1. The molecule has 3 heteroatoms. The van der Waals surface area contributed by atoms with Crippen LogP contribution in [0.5, 0.6) is 0 Å². The predicted molar refractivity (Wildman–Crippen MR) is 43.9 cm³/mol. The Morgan fingerprint density at radius 3 is 2.70 bits per heavy atom. The van der Waals surface area contributed by atoms with Gasteiger partial charge in [0.15, 0.2) is 0 Å². The molecule has 0 fully saturated rings. The summed E-state index contributed by atoms with van der Waals surface area (Å²) in [5, 5.41) is 2.99. The quantitative estimate of drug-likeness (QED) is 0.709. The minimum absolute atomic E-state index is 0.111. The second-order valence-electron chi connectivity index (χ2n) is 2.64. The maximum atomic E-state index is 5.83. The zero-order chi connectivity index (χ0) is 7.56. The van der Waals surface area contributed by atoms with E-state index in [2.05, 4.69) is 18.8 Å². The largest absolute Gasteiger partial charge is 0.322 e. The van der Waals surface area contributed by atoms with Gasteiger partial charge in [-0.2, -0.15) is 0 Å². The summed E-state index contributed by atoms with van der Waals surface area (Å²) in [7, 11) is 0. The van der Waals surface area contributed by atoms with E-state index < -0.39 is 0 Å². The summed E-state index contributed by atoms with van der Waals surface area (Å²) in [5.74, 6) is 0.478. The van der Waals surface area contributed by atoms with Crippen molar-refractivity contribution in [3.8, 4) is 0 Å². The summed E-state index contributed by atoms with van der Waals surface area (Å²) in [6.45, 7) is 4.21. The Hall–Kier alpha value is -0.410. The standard InChI is InChI=1S/C7H12N2S/c1-5(2)6(8)7-9-3-4-10-7/h3-6H,8H2,1-2H3. The Morgan fingerprint density at radius 1 is 1.60 bits per heavy atom. The van der Waals surface area contributed by atoms with Crippen molar-refractivity contribution >= 4 is 11.3 Å². The van der Waals surface area contributed by atoms with Crippen LogP contribution in [0.1, 0.15) is 24.9 Å². The van der Waals surface area contributed by atoms with Gasteiger partial charge in [-0.15, -0.1) is 11.3 Å². The molecule has 1 heterocycles. The van der Waals surface area contributed by atoms with Crippen LogP contribution in [0.15, 0.2) is 11.6 Å². The molecular formula is C7H12N2S. The highest BCUT2D eigenvalue weighted by Gasteiger charge is 2.11. The predicted octanol–water partition coefficient (Wildman–Crippen LogP) is 1.80. The van der Waals surface area contributed by atoms with Gasteiger partial charge in [0.1, 0.15) is 5.01 Å². The Bertz CT molecular complexity index is 181. The Morgan fingerprint density at radius 2 is 2.30 bits per heavy atom. The first-order valence-corrected chi connectivity index (χ1v) is 4.24. The van der Waals surface area contributed by atoms with Crippen LogP contribution in [0.2, 0.25) is 0 Å². The van der Waals surface area contributed by atoms with Crippen molar-refractivity contribution in [1.82, 2.24) is 4.98 Å². The van der Waals surface area contributed by atoms with Gasteiger partial charge in [0.05, 0.1) is 6.04 Å². The zero-order valence-electron chi connectivity index (χ0n) is 6.24. The lowest BCUT2D eigenvalue weighted by molar-refractivity contribution is 0.512. The van der Waals surface area contributed by atoms with Crippen LogP contribution in [0.4, 0.5) is 0 Å². The number of thiazole rings is 1. The summed E-state index contributed by atoms with van der Waals surface area (Å²) < 4.78 is 0. The van der Waals surface area contributed by atoms with Crippen molar-refractivity contribution in [2.75, 3.05) is 0 Å². The molecule has 0 aliphatic heterocycles. The minimum atomic E-state index is 0.111. The van der Waals surface area contributed by atoms with Gasteiger partial charge < -0.3 is 5.73 Å². The Kier molecular flexibility index (Phi) is 2.40. The van der Waals surface area contributed by atoms with Crippen LogP contribution in [-0.2, 0) is 0 Å². The third-order valence-electron chi connectivity index (χ3n) is 1.45. The number of hydrogen-bond acceptors (Lipinski definition) is 3. The first-order valence-electron chi connectivity index (χ1n) is 3.37. The number of nitrogens with two attached hydrogens (primary N) is 1.